The van der Waals surface area contributed by atoms with Crippen molar-refractivity contribution in [2.75, 3.05) is 0 Å². The maximum absolute atomic E-state index is 14.4. The van der Waals surface area contributed by atoms with Crippen molar-refractivity contribution in [3.05, 3.63) is 44.9 Å². The normalized spacial score (nSPS) is 16.0. The molecule has 6 nitrogen and oxygen atoms in total. The molecule has 0 saturated heterocycles. The molecule has 0 aliphatic carbocycles. The Morgan fingerprint density at radius 3 is 2.86 bits per heavy atom. The number of aromatic nitrogens is 3. The van der Waals surface area contributed by atoms with E-state index < -0.39 is 11.5 Å². The Morgan fingerprint density at radius 1 is 1.55 bits per heavy atom. The van der Waals surface area contributed by atoms with E-state index in [0.29, 0.717) is 0 Å². The highest BCUT2D eigenvalue weighted by Crippen LogP contribution is 2.35. The van der Waals surface area contributed by atoms with Crippen LogP contribution in [0.2, 0.25) is 5.28 Å². The fourth-order valence-electron chi connectivity index (χ4n) is 2.24. The summed E-state index contributed by atoms with van der Waals surface area (Å²) in [4.78, 5) is 12.1. The first-order valence-corrected chi connectivity index (χ1v) is 6.75. The minimum Gasteiger partial charge on any atom is -0.485 e. The largest absolute Gasteiger partial charge is 0.485 e. The van der Waals surface area contributed by atoms with Crippen molar-refractivity contribution in [3.63, 3.8) is 0 Å². The van der Waals surface area contributed by atoms with Gasteiger partial charge in [-0.25, -0.2) is 9.18 Å². The fraction of sp³-hybridized carbons (Fsp3) is 0.214. The van der Waals surface area contributed by atoms with E-state index in [4.69, 9.17) is 21.6 Å². The topological polar surface area (TPSA) is 72.8 Å². The van der Waals surface area contributed by atoms with E-state index in [1.54, 1.807) is 19.1 Å². The van der Waals surface area contributed by atoms with Crippen LogP contribution >= 0.6 is 11.6 Å². The van der Waals surface area contributed by atoms with Gasteiger partial charge in [-0.3, -0.25) is 4.57 Å². The highest BCUT2D eigenvalue weighted by molar-refractivity contribution is 6.28. The van der Waals surface area contributed by atoms with E-state index in [2.05, 4.69) is 5.10 Å². The summed E-state index contributed by atoms with van der Waals surface area (Å²) in [6.45, 7) is 1.79. The molecule has 2 aromatic rings. The van der Waals surface area contributed by atoms with Crippen LogP contribution in [0.4, 0.5) is 4.39 Å². The Hall–Kier alpha value is -2.59. The lowest BCUT2D eigenvalue weighted by Crippen LogP contribution is -2.24. The number of ether oxygens (including phenoxy) is 1. The lowest BCUT2D eigenvalue weighted by Gasteiger charge is -2.21. The number of fused-ring (bicyclic) bond motifs is 1. The van der Waals surface area contributed by atoms with Crippen LogP contribution in [0.5, 0.6) is 5.75 Å². The van der Waals surface area contributed by atoms with Crippen molar-refractivity contribution >= 4 is 17.7 Å². The minimum absolute atomic E-state index is 0.0579. The van der Waals surface area contributed by atoms with Gasteiger partial charge in [-0.2, -0.15) is 9.94 Å². The van der Waals surface area contributed by atoms with Gasteiger partial charge in [0.1, 0.15) is 23.6 Å². The molecule has 0 amide bonds. The van der Waals surface area contributed by atoms with Gasteiger partial charge in [0.25, 0.3) is 0 Å². The SMILES string of the molecule is CC1C=Cc2c(c(C#N)cc(F)c2-n2nc(Cl)n(C)c2=O)O1. The van der Waals surface area contributed by atoms with Gasteiger partial charge in [0.15, 0.2) is 5.82 Å². The molecule has 3 rings (SSSR count). The standard InChI is InChI=1S/C14H10ClFN4O2/c1-7-3-4-9-11(20-14(21)19(2)13(15)18-20)10(16)5-8(6-17)12(9)22-7/h3-5,7H,1-2H3. The zero-order valence-corrected chi connectivity index (χ0v) is 12.4. The molecule has 0 saturated carbocycles. The molecule has 0 bridgehead atoms. The minimum atomic E-state index is -0.755. The maximum atomic E-state index is 14.4. The molecule has 1 aromatic carbocycles. The fourth-order valence-corrected chi connectivity index (χ4v) is 2.39. The summed E-state index contributed by atoms with van der Waals surface area (Å²) >= 11 is 5.81. The van der Waals surface area contributed by atoms with Gasteiger partial charge in [-0.05, 0) is 36.7 Å². The van der Waals surface area contributed by atoms with Crippen molar-refractivity contribution in [2.24, 2.45) is 7.05 Å². The molecule has 2 heterocycles. The molecule has 1 atom stereocenters. The molecule has 0 fully saturated rings. The van der Waals surface area contributed by atoms with E-state index in [1.165, 1.54) is 7.05 Å². The average Bonchev–Trinajstić information content (AvgIpc) is 2.74. The molecule has 0 radical (unpaired) electrons. The maximum Gasteiger partial charge on any atom is 0.351 e. The van der Waals surface area contributed by atoms with Crippen LogP contribution in [0.3, 0.4) is 0 Å². The summed E-state index contributed by atoms with van der Waals surface area (Å²) in [7, 11) is 1.43. The predicted molar refractivity (Wildman–Crippen MR) is 77.6 cm³/mol. The lowest BCUT2D eigenvalue weighted by atomic mass is 10.0. The first-order valence-electron chi connectivity index (χ1n) is 6.37. The zero-order chi connectivity index (χ0) is 16.0. The van der Waals surface area contributed by atoms with E-state index in [9.17, 15) is 9.18 Å². The highest BCUT2D eigenvalue weighted by Gasteiger charge is 2.25. The van der Waals surface area contributed by atoms with Crippen molar-refractivity contribution in [3.8, 4) is 17.5 Å². The molecule has 1 aromatic heterocycles. The Morgan fingerprint density at radius 2 is 2.27 bits per heavy atom. The van der Waals surface area contributed by atoms with E-state index in [1.807, 2.05) is 6.07 Å². The average molecular weight is 321 g/mol. The Kier molecular flexibility index (Phi) is 3.26. The summed E-state index contributed by atoms with van der Waals surface area (Å²) in [5, 5.41) is 12.9. The van der Waals surface area contributed by atoms with Crippen LogP contribution in [0.1, 0.15) is 18.1 Å². The summed E-state index contributed by atoms with van der Waals surface area (Å²) < 4.78 is 22.0. The molecular weight excluding hydrogens is 311 g/mol. The van der Waals surface area contributed by atoms with E-state index in [0.717, 1.165) is 15.3 Å². The summed E-state index contributed by atoms with van der Waals surface area (Å²) in [5.74, 6) is -0.530. The number of nitrogens with zero attached hydrogens (tertiary/aromatic N) is 4. The van der Waals surface area contributed by atoms with Crippen LogP contribution < -0.4 is 10.4 Å². The Balaban J connectivity index is 2.38. The summed E-state index contributed by atoms with van der Waals surface area (Å²) in [6.07, 6.45) is 3.04. The third kappa shape index (κ3) is 2.00. The quantitative estimate of drug-likeness (QED) is 0.806. The van der Waals surface area contributed by atoms with Crippen molar-refractivity contribution in [1.29, 1.82) is 5.26 Å². The molecule has 1 unspecified atom stereocenters. The first kappa shape index (κ1) is 14.4. The third-order valence-electron chi connectivity index (χ3n) is 3.34. The molecule has 8 heteroatoms. The van der Waals surface area contributed by atoms with Crippen molar-refractivity contribution < 1.29 is 9.13 Å². The first-order chi connectivity index (χ1) is 10.4. The van der Waals surface area contributed by atoms with Crippen LogP contribution in [-0.4, -0.2) is 20.5 Å². The number of nitriles is 1. The number of rotatable bonds is 1. The van der Waals surface area contributed by atoms with E-state index >= 15 is 0 Å². The van der Waals surface area contributed by atoms with Crippen LogP contribution in [0, 0.1) is 17.1 Å². The van der Waals surface area contributed by atoms with Gasteiger partial charge < -0.3 is 4.74 Å². The lowest BCUT2D eigenvalue weighted by molar-refractivity contribution is 0.264. The van der Waals surface area contributed by atoms with Gasteiger partial charge >= 0.3 is 5.69 Å². The van der Waals surface area contributed by atoms with Crippen LogP contribution in [0.15, 0.2) is 16.9 Å². The number of benzene rings is 1. The Bertz CT molecular complexity index is 907. The second kappa shape index (κ2) is 5.00. The molecule has 0 spiro atoms. The predicted octanol–water partition coefficient (Wildman–Crippen LogP) is 2.03. The van der Waals surface area contributed by atoms with E-state index in [-0.39, 0.29) is 34.0 Å². The van der Waals surface area contributed by atoms with Gasteiger partial charge in [0, 0.05) is 12.6 Å². The van der Waals surface area contributed by atoms with Crippen LogP contribution in [0.25, 0.3) is 11.8 Å². The summed E-state index contributed by atoms with van der Waals surface area (Å²) in [5.41, 5.74) is -0.346. The van der Waals surface area contributed by atoms with Crippen LogP contribution in [-0.2, 0) is 7.05 Å². The number of halogens is 2. The highest BCUT2D eigenvalue weighted by atomic mass is 35.5. The number of hydrogen-bond acceptors (Lipinski definition) is 4. The summed E-state index contributed by atoms with van der Waals surface area (Å²) in [6, 6.07) is 2.91. The molecule has 1 aliphatic heterocycles. The smallest absolute Gasteiger partial charge is 0.351 e. The van der Waals surface area contributed by atoms with Crippen molar-refractivity contribution in [2.45, 2.75) is 13.0 Å². The van der Waals surface area contributed by atoms with Gasteiger partial charge in [0.2, 0.25) is 5.28 Å². The molecule has 22 heavy (non-hydrogen) atoms. The molecular formula is C14H10ClFN4O2. The monoisotopic (exact) mass is 320 g/mol. The van der Waals surface area contributed by atoms with Gasteiger partial charge in [-0.15, -0.1) is 5.10 Å². The molecule has 1 aliphatic rings. The number of hydrogen-bond donors (Lipinski definition) is 0. The molecule has 0 N–H and O–H groups in total. The van der Waals surface area contributed by atoms with Gasteiger partial charge in [-0.1, -0.05) is 0 Å². The zero-order valence-electron chi connectivity index (χ0n) is 11.7. The van der Waals surface area contributed by atoms with Gasteiger partial charge in [0.05, 0.1) is 5.56 Å². The second-order valence-corrected chi connectivity index (χ2v) is 5.15. The van der Waals surface area contributed by atoms with Crippen molar-refractivity contribution in [1.82, 2.24) is 14.3 Å². The molecule has 112 valence electrons. The Labute approximate surface area is 129 Å². The third-order valence-corrected chi connectivity index (χ3v) is 3.67. The second-order valence-electron chi connectivity index (χ2n) is 4.81.